The molecule has 1 saturated carbocycles. The Morgan fingerprint density at radius 1 is 1.50 bits per heavy atom. The van der Waals surface area contributed by atoms with Crippen LogP contribution in [-0.4, -0.2) is 18.0 Å². The van der Waals surface area contributed by atoms with Gasteiger partial charge >= 0.3 is 0 Å². The van der Waals surface area contributed by atoms with Crippen LogP contribution in [-0.2, 0) is 4.79 Å². The van der Waals surface area contributed by atoms with E-state index in [1.54, 1.807) is 0 Å². The highest BCUT2D eigenvalue weighted by molar-refractivity contribution is 5.82. The quantitative estimate of drug-likeness (QED) is 0.652. The number of carbonyl (C=O) groups is 1. The lowest BCUT2D eigenvalue weighted by atomic mass is 9.95. The van der Waals surface area contributed by atoms with Gasteiger partial charge < -0.3 is 11.1 Å². The first-order valence-electron chi connectivity index (χ1n) is 5.23. The molecule has 1 aliphatic rings. The molecule has 1 atom stereocenters. The van der Waals surface area contributed by atoms with Crippen molar-refractivity contribution in [2.24, 2.45) is 5.73 Å². The minimum Gasteiger partial charge on any atom is -0.352 e. The van der Waals surface area contributed by atoms with Crippen molar-refractivity contribution >= 4 is 5.91 Å². The van der Waals surface area contributed by atoms with Crippen molar-refractivity contribution in [2.75, 3.05) is 0 Å². The summed E-state index contributed by atoms with van der Waals surface area (Å²) in [4.78, 5) is 11.5. The molecule has 0 heterocycles. The Kier molecular flexibility index (Phi) is 4.48. The number of rotatable bonds is 3. The Morgan fingerprint density at radius 3 is 2.71 bits per heavy atom. The number of carbonyl (C=O) groups excluding carboxylic acids is 1. The van der Waals surface area contributed by atoms with Crippen LogP contribution in [0, 0.1) is 12.3 Å². The number of hydrogen-bond acceptors (Lipinski definition) is 2. The fraction of sp³-hybridized carbons (Fsp3) is 0.727. The minimum absolute atomic E-state index is 0.102. The second-order valence-electron chi connectivity index (χ2n) is 3.86. The second-order valence-corrected chi connectivity index (χ2v) is 3.86. The first kappa shape index (κ1) is 11.1. The standard InChI is InChI=1S/C11H18N2O/c1-2-6-10(12)11(14)13-9-7-4-3-5-8-9/h1,9-10H,3-8,12H2,(H,13,14). The molecule has 3 nitrogen and oxygen atoms in total. The lowest BCUT2D eigenvalue weighted by Gasteiger charge is -2.23. The maximum absolute atomic E-state index is 11.5. The van der Waals surface area contributed by atoms with Crippen LogP contribution in [0.3, 0.4) is 0 Å². The van der Waals surface area contributed by atoms with Crippen molar-refractivity contribution in [3.8, 4) is 12.3 Å². The molecule has 0 aromatic heterocycles. The molecule has 3 N–H and O–H groups in total. The lowest BCUT2D eigenvalue weighted by Crippen LogP contribution is -2.45. The van der Waals surface area contributed by atoms with Crippen molar-refractivity contribution in [3.05, 3.63) is 0 Å². The van der Waals surface area contributed by atoms with E-state index in [2.05, 4.69) is 11.2 Å². The molecule has 0 aromatic carbocycles. The Labute approximate surface area is 85.4 Å². The number of nitrogens with two attached hydrogens (primary N) is 1. The van der Waals surface area contributed by atoms with Crippen molar-refractivity contribution in [1.82, 2.24) is 5.32 Å². The van der Waals surface area contributed by atoms with E-state index in [1.165, 1.54) is 19.3 Å². The van der Waals surface area contributed by atoms with Gasteiger partial charge in [0, 0.05) is 12.5 Å². The summed E-state index contributed by atoms with van der Waals surface area (Å²) in [6, 6.07) is -0.220. The highest BCUT2D eigenvalue weighted by Gasteiger charge is 2.18. The molecule has 1 amide bonds. The van der Waals surface area contributed by atoms with Gasteiger partial charge in [0.05, 0.1) is 6.04 Å². The Morgan fingerprint density at radius 2 is 2.14 bits per heavy atom. The van der Waals surface area contributed by atoms with Crippen LogP contribution in [0.1, 0.15) is 38.5 Å². The molecule has 1 fully saturated rings. The second kappa shape index (κ2) is 5.66. The van der Waals surface area contributed by atoms with Crippen molar-refractivity contribution in [2.45, 2.75) is 50.6 Å². The van der Waals surface area contributed by atoms with Crippen LogP contribution in [0.5, 0.6) is 0 Å². The molecule has 0 spiro atoms. The van der Waals surface area contributed by atoms with Crippen LogP contribution in [0.4, 0.5) is 0 Å². The van der Waals surface area contributed by atoms with Gasteiger partial charge in [-0.25, -0.2) is 0 Å². The topological polar surface area (TPSA) is 55.1 Å². The molecule has 0 aliphatic heterocycles. The van der Waals surface area contributed by atoms with E-state index >= 15 is 0 Å². The molecule has 1 aliphatic carbocycles. The zero-order valence-electron chi connectivity index (χ0n) is 8.46. The average Bonchev–Trinajstić information content (AvgIpc) is 2.19. The Balaban J connectivity index is 2.28. The summed E-state index contributed by atoms with van der Waals surface area (Å²) in [5.41, 5.74) is 5.59. The average molecular weight is 194 g/mol. The fourth-order valence-electron chi connectivity index (χ4n) is 1.77. The first-order valence-corrected chi connectivity index (χ1v) is 5.23. The third kappa shape index (κ3) is 3.39. The molecule has 1 rings (SSSR count). The summed E-state index contributed by atoms with van der Waals surface area (Å²) in [6.07, 6.45) is 11.3. The summed E-state index contributed by atoms with van der Waals surface area (Å²) in [7, 11) is 0. The van der Waals surface area contributed by atoms with Crippen molar-refractivity contribution in [1.29, 1.82) is 0 Å². The molecule has 1 unspecified atom stereocenters. The lowest BCUT2D eigenvalue weighted by molar-refractivity contribution is -0.123. The largest absolute Gasteiger partial charge is 0.352 e. The Hall–Kier alpha value is -1.01. The normalized spacial score (nSPS) is 19.7. The third-order valence-electron chi connectivity index (χ3n) is 2.63. The zero-order valence-corrected chi connectivity index (χ0v) is 8.46. The van der Waals surface area contributed by atoms with E-state index < -0.39 is 6.04 Å². The van der Waals surface area contributed by atoms with Gasteiger partial charge in [0.2, 0.25) is 5.91 Å². The minimum atomic E-state index is -0.540. The predicted molar refractivity (Wildman–Crippen MR) is 56.4 cm³/mol. The molecule has 3 heteroatoms. The maximum Gasteiger partial charge on any atom is 0.238 e. The van der Waals surface area contributed by atoms with Crippen LogP contribution in [0.25, 0.3) is 0 Å². The summed E-state index contributed by atoms with van der Waals surface area (Å²) in [6.45, 7) is 0. The number of nitrogens with one attached hydrogen (secondary N) is 1. The molecular weight excluding hydrogens is 176 g/mol. The molecule has 14 heavy (non-hydrogen) atoms. The summed E-state index contributed by atoms with van der Waals surface area (Å²) < 4.78 is 0. The van der Waals surface area contributed by atoms with E-state index in [0.717, 1.165) is 12.8 Å². The van der Waals surface area contributed by atoms with Crippen LogP contribution in [0.15, 0.2) is 0 Å². The molecule has 78 valence electrons. The van der Waals surface area contributed by atoms with E-state index in [4.69, 9.17) is 12.2 Å². The van der Waals surface area contributed by atoms with E-state index in [-0.39, 0.29) is 5.91 Å². The highest BCUT2D eigenvalue weighted by atomic mass is 16.2. The Bertz CT molecular complexity index is 226. The van der Waals surface area contributed by atoms with Gasteiger partial charge in [-0.1, -0.05) is 19.3 Å². The number of hydrogen-bond donors (Lipinski definition) is 2. The van der Waals surface area contributed by atoms with Gasteiger partial charge in [0.1, 0.15) is 0 Å². The predicted octanol–water partition coefficient (Wildman–Crippen LogP) is 0.786. The zero-order chi connectivity index (χ0) is 10.4. The number of amides is 1. The third-order valence-corrected chi connectivity index (χ3v) is 2.63. The highest BCUT2D eigenvalue weighted by Crippen LogP contribution is 2.17. The smallest absolute Gasteiger partial charge is 0.238 e. The number of terminal acetylenes is 1. The monoisotopic (exact) mass is 194 g/mol. The van der Waals surface area contributed by atoms with Crippen LogP contribution >= 0.6 is 0 Å². The van der Waals surface area contributed by atoms with Crippen molar-refractivity contribution in [3.63, 3.8) is 0 Å². The summed E-state index contributed by atoms with van der Waals surface area (Å²) in [5, 5.41) is 2.94. The van der Waals surface area contributed by atoms with E-state index in [0.29, 0.717) is 12.5 Å². The molecule has 0 bridgehead atoms. The fourth-order valence-corrected chi connectivity index (χ4v) is 1.77. The van der Waals surface area contributed by atoms with Gasteiger partial charge in [0.25, 0.3) is 0 Å². The molecule has 0 radical (unpaired) electrons. The molecule has 0 aromatic rings. The van der Waals surface area contributed by atoms with Gasteiger partial charge in [0.15, 0.2) is 0 Å². The SMILES string of the molecule is C#CCC(N)C(=O)NC1CCCCC1. The van der Waals surface area contributed by atoms with Crippen LogP contribution < -0.4 is 11.1 Å². The van der Waals surface area contributed by atoms with E-state index in [9.17, 15) is 4.79 Å². The van der Waals surface area contributed by atoms with Gasteiger partial charge in [-0.05, 0) is 12.8 Å². The van der Waals surface area contributed by atoms with Gasteiger partial charge in [-0.15, -0.1) is 12.3 Å². The van der Waals surface area contributed by atoms with Gasteiger partial charge in [-0.3, -0.25) is 4.79 Å². The van der Waals surface area contributed by atoms with Gasteiger partial charge in [-0.2, -0.15) is 0 Å². The van der Waals surface area contributed by atoms with Crippen molar-refractivity contribution < 1.29 is 4.79 Å². The van der Waals surface area contributed by atoms with Crippen LogP contribution in [0.2, 0.25) is 0 Å². The first-order chi connectivity index (χ1) is 6.74. The maximum atomic E-state index is 11.5. The molecule has 0 saturated heterocycles. The molecular formula is C11H18N2O. The van der Waals surface area contributed by atoms with E-state index in [1.807, 2.05) is 0 Å². The summed E-state index contributed by atoms with van der Waals surface area (Å²) in [5.74, 6) is 2.30. The summed E-state index contributed by atoms with van der Waals surface area (Å²) >= 11 is 0.